The molecule has 0 aliphatic heterocycles. The van der Waals surface area contributed by atoms with E-state index in [1.807, 2.05) is 13.8 Å². The molecule has 0 saturated heterocycles. The van der Waals surface area contributed by atoms with Gasteiger partial charge in [0.2, 0.25) is 0 Å². The van der Waals surface area contributed by atoms with E-state index < -0.39 is 0 Å². The van der Waals surface area contributed by atoms with Crippen LogP contribution in [0.25, 0.3) is 0 Å². The molecule has 0 aliphatic rings. The largest absolute Gasteiger partial charge is 0.385 e. The quantitative estimate of drug-likeness (QED) is 0.579. The van der Waals surface area contributed by atoms with E-state index in [9.17, 15) is 0 Å². The van der Waals surface area contributed by atoms with Crippen LogP contribution < -0.4 is 5.32 Å². The number of unbranched alkanes of at least 4 members (excludes halogenated alkanes) is 1. The van der Waals surface area contributed by atoms with Crippen molar-refractivity contribution in [3.63, 3.8) is 0 Å². The number of hydrogen-bond acceptors (Lipinski definition) is 3. The zero-order valence-corrected chi connectivity index (χ0v) is 12.3. The lowest BCUT2D eigenvalue weighted by Crippen LogP contribution is -2.09. The molecule has 0 unspecified atom stereocenters. The van der Waals surface area contributed by atoms with Gasteiger partial charge in [-0.15, -0.1) is 11.8 Å². The molecule has 1 rings (SSSR count). The van der Waals surface area contributed by atoms with Crippen molar-refractivity contribution in [1.29, 1.82) is 5.26 Å². The Bertz CT molecular complexity index is 407. The van der Waals surface area contributed by atoms with E-state index in [-0.39, 0.29) is 5.41 Å². The van der Waals surface area contributed by atoms with Gasteiger partial charge in [-0.3, -0.25) is 0 Å². The van der Waals surface area contributed by atoms with E-state index in [1.54, 1.807) is 11.8 Å². The molecule has 98 valence electrons. The first-order valence-corrected chi connectivity index (χ1v) is 7.59. The lowest BCUT2D eigenvalue weighted by molar-refractivity contribution is 0.430. The highest BCUT2D eigenvalue weighted by Crippen LogP contribution is 2.22. The predicted molar refractivity (Wildman–Crippen MR) is 80.0 cm³/mol. The number of nitrogens with zero attached hydrogens (tertiary/aromatic N) is 1. The van der Waals surface area contributed by atoms with Crippen LogP contribution in [0.1, 0.15) is 33.1 Å². The van der Waals surface area contributed by atoms with Crippen LogP contribution in [0.15, 0.2) is 29.2 Å². The Morgan fingerprint density at radius 3 is 2.78 bits per heavy atom. The van der Waals surface area contributed by atoms with Gasteiger partial charge in [0.05, 0.1) is 11.5 Å². The van der Waals surface area contributed by atoms with Crippen LogP contribution in [-0.2, 0) is 0 Å². The topological polar surface area (TPSA) is 35.8 Å². The molecule has 3 heteroatoms. The summed E-state index contributed by atoms with van der Waals surface area (Å²) in [6.45, 7) is 4.98. The van der Waals surface area contributed by atoms with Gasteiger partial charge in [-0.25, -0.2) is 0 Å². The minimum Gasteiger partial charge on any atom is -0.385 e. The number of hydrogen-bond donors (Lipinski definition) is 1. The second-order valence-corrected chi connectivity index (χ2v) is 5.99. The van der Waals surface area contributed by atoms with Gasteiger partial charge in [0.1, 0.15) is 0 Å². The summed E-state index contributed by atoms with van der Waals surface area (Å²) in [5.74, 6) is 0. The maximum Gasteiger partial charge on any atom is 0.0683 e. The summed E-state index contributed by atoms with van der Waals surface area (Å²) < 4.78 is 0. The van der Waals surface area contributed by atoms with Gasteiger partial charge in [-0.2, -0.15) is 5.26 Å². The summed E-state index contributed by atoms with van der Waals surface area (Å²) >= 11 is 1.76. The number of anilines is 1. The van der Waals surface area contributed by atoms with Crippen LogP contribution in [0.2, 0.25) is 0 Å². The van der Waals surface area contributed by atoms with Gasteiger partial charge < -0.3 is 5.32 Å². The van der Waals surface area contributed by atoms with E-state index in [0.29, 0.717) is 0 Å². The smallest absolute Gasteiger partial charge is 0.0683 e. The molecule has 0 atom stereocenters. The van der Waals surface area contributed by atoms with Gasteiger partial charge in [0.25, 0.3) is 0 Å². The van der Waals surface area contributed by atoms with Crippen molar-refractivity contribution in [2.45, 2.75) is 38.0 Å². The maximum absolute atomic E-state index is 8.92. The van der Waals surface area contributed by atoms with Crippen LogP contribution in [-0.4, -0.2) is 12.8 Å². The molecule has 0 bridgehead atoms. The summed E-state index contributed by atoms with van der Waals surface area (Å²) in [5, 5.41) is 12.3. The third-order valence-electron chi connectivity index (χ3n) is 2.93. The highest BCUT2D eigenvalue weighted by atomic mass is 32.2. The molecule has 0 aromatic heterocycles. The fourth-order valence-electron chi connectivity index (χ4n) is 1.71. The van der Waals surface area contributed by atoms with E-state index in [4.69, 9.17) is 5.26 Å². The van der Waals surface area contributed by atoms with Crippen LogP contribution in [0.5, 0.6) is 0 Å². The highest BCUT2D eigenvalue weighted by Gasteiger charge is 2.15. The molecular weight excluding hydrogens is 240 g/mol. The normalized spacial score (nSPS) is 11.0. The lowest BCUT2D eigenvalue weighted by atomic mass is 9.89. The first kappa shape index (κ1) is 14.9. The molecule has 0 heterocycles. The third-order valence-corrected chi connectivity index (χ3v) is 3.66. The number of benzene rings is 1. The van der Waals surface area contributed by atoms with E-state index in [1.165, 1.54) is 10.6 Å². The van der Waals surface area contributed by atoms with Gasteiger partial charge in [-0.05, 0) is 51.1 Å². The van der Waals surface area contributed by atoms with Crippen LogP contribution in [0, 0.1) is 16.7 Å². The van der Waals surface area contributed by atoms with Crippen molar-refractivity contribution in [3.8, 4) is 6.07 Å². The van der Waals surface area contributed by atoms with E-state index in [0.717, 1.165) is 25.8 Å². The van der Waals surface area contributed by atoms with Crippen LogP contribution in [0.4, 0.5) is 5.69 Å². The number of rotatable bonds is 7. The van der Waals surface area contributed by atoms with Crippen molar-refractivity contribution < 1.29 is 0 Å². The Morgan fingerprint density at radius 1 is 1.33 bits per heavy atom. The van der Waals surface area contributed by atoms with Crippen molar-refractivity contribution >= 4 is 17.4 Å². The number of thioether (sulfide) groups is 1. The molecule has 0 saturated carbocycles. The molecule has 0 radical (unpaired) electrons. The standard InChI is InChI=1S/C15H22N2S/c1-15(2,12-16)9-4-5-10-17-13-7-6-8-14(11-13)18-3/h6-8,11,17H,4-5,9-10H2,1-3H3. The molecule has 18 heavy (non-hydrogen) atoms. The molecule has 0 spiro atoms. The maximum atomic E-state index is 8.92. The van der Waals surface area contributed by atoms with Crippen molar-refractivity contribution in [1.82, 2.24) is 0 Å². The van der Waals surface area contributed by atoms with Gasteiger partial charge in [-0.1, -0.05) is 12.5 Å². The molecule has 0 aliphatic carbocycles. The van der Waals surface area contributed by atoms with Gasteiger partial charge in [0.15, 0.2) is 0 Å². The molecule has 0 fully saturated rings. The summed E-state index contributed by atoms with van der Waals surface area (Å²) in [6.07, 6.45) is 5.25. The average Bonchev–Trinajstić information content (AvgIpc) is 2.38. The third kappa shape index (κ3) is 5.46. The molecule has 2 nitrogen and oxygen atoms in total. The zero-order chi connectivity index (χ0) is 13.4. The van der Waals surface area contributed by atoms with Crippen LogP contribution in [0.3, 0.4) is 0 Å². The first-order valence-electron chi connectivity index (χ1n) is 6.36. The van der Waals surface area contributed by atoms with Gasteiger partial charge >= 0.3 is 0 Å². The zero-order valence-electron chi connectivity index (χ0n) is 11.5. The number of nitriles is 1. The summed E-state index contributed by atoms with van der Waals surface area (Å²) in [7, 11) is 0. The fraction of sp³-hybridized carbons (Fsp3) is 0.533. The molecular formula is C15H22N2S. The SMILES string of the molecule is CSc1cccc(NCCCCC(C)(C)C#N)c1. The first-order chi connectivity index (χ1) is 8.57. The Hall–Kier alpha value is -1.14. The Balaban J connectivity index is 2.24. The monoisotopic (exact) mass is 262 g/mol. The fourth-order valence-corrected chi connectivity index (χ4v) is 2.17. The van der Waals surface area contributed by atoms with Crippen molar-refractivity contribution in [2.75, 3.05) is 18.1 Å². The Kier molecular flexibility index (Phi) is 6.07. The molecule has 0 amide bonds. The average molecular weight is 262 g/mol. The number of nitrogens with one attached hydrogen (secondary N) is 1. The summed E-state index contributed by atoms with van der Waals surface area (Å²) in [6, 6.07) is 10.8. The van der Waals surface area contributed by atoms with Crippen LogP contribution >= 0.6 is 11.8 Å². The second kappa shape index (κ2) is 7.33. The summed E-state index contributed by atoms with van der Waals surface area (Å²) in [4.78, 5) is 1.28. The molecule has 1 N–H and O–H groups in total. The predicted octanol–water partition coefficient (Wildman–Crippen LogP) is 4.54. The highest BCUT2D eigenvalue weighted by molar-refractivity contribution is 7.98. The minimum absolute atomic E-state index is 0.182. The Labute approximate surface area is 115 Å². The van der Waals surface area contributed by atoms with E-state index in [2.05, 4.69) is 41.9 Å². The summed E-state index contributed by atoms with van der Waals surface area (Å²) in [5.41, 5.74) is 1.00. The van der Waals surface area contributed by atoms with Crippen molar-refractivity contribution in [3.05, 3.63) is 24.3 Å². The lowest BCUT2D eigenvalue weighted by Gasteiger charge is -2.14. The molecule has 1 aromatic carbocycles. The molecule has 1 aromatic rings. The van der Waals surface area contributed by atoms with Gasteiger partial charge in [0, 0.05) is 17.1 Å². The van der Waals surface area contributed by atoms with Crippen molar-refractivity contribution in [2.24, 2.45) is 5.41 Å². The Morgan fingerprint density at radius 2 is 2.11 bits per heavy atom. The van der Waals surface area contributed by atoms with E-state index >= 15 is 0 Å². The second-order valence-electron chi connectivity index (χ2n) is 5.11. The minimum atomic E-state index is -0.182.